The number of nitrogens with zero attached hydrogens (tertiary/aromatic N) is 2. The van der Waals surface area contributed by atoms with E-state index in [4.69, 9.17) is 0 Å². The fraction of sp³-hybridized carbons (Fsp3) is 0.304. The monoisotopic (exact) mass is 360 g/mol. The van der Waals surface area contributed by atoms with Gasteiger partial charge in [0.05, 0.1) is 5.56 Å². The SMILES string of the molecule is O=Cc1c(O)ccc2cc(N3CCCC(CCc4ccccn4)C3)ccc12. The van der Waals surface area contributed by atoms with Crippen LogP contribution in [0, 0.1) is 5.92 Å². The highest BCUT2D eigenvalue weighted by molar-refractivity contribution is 6.01. The predicted molar refractivity (Wildman–Crippen MR) is 108 cm³/mol. The average molecular weight is 360 g/mol. The molecule has 1 fully saturated rings. The number of hydrogen-bond donors (Lipinski definition) is 1. The van der Waals surface area contributed by atoms with E-state index in [0.717, 1.165) is 43.0 Å². The number of benzene rings is 2. The van der Waals surface area contributed by atoms with Gasteiger partial charge in [0.15, 0.2) is 6.29 Å². The highest BCUT2D eigenvalue weighted by Gasteiger charge is 2.20. The zero-order valence-corrected chi connectivity index (χ0v) is 15.3. The Bertz CT molecular complexity index is 940. The molecule has 27 heavy (non-hydrogen) atoms. The van der Waals surface area contributed by atoms with Crippen molar-refractivity contribution in [2.75, 3.05) is 18.0 Å². The van der Waals surface area contributed by atoms with Crippen LogP contribution < -0.4 is 4.90 Å². The third kappa shape index (κ3) is 3.80. The molecule has 1 N–H and O–H groups in total. The average Bonchev–Trinajstić information content (AvgIpc) is 2.73. The van der Waals surface area contributed by atoms with Gasteiger partial charge in [-0.2, -0.15) is 0 Å². The Morgan fingerprint density at radius 2 is 2.11 bits per heavy atom. The summed E-state index contributed by atoms with van der Waals surface area (Å²) in [5, 5.41) is 11.7. The van der Waals surface area contributed by atoms with Crippen LogP contribution in [0.15, 0.2) is 54.7 Å². The second kappa shape index (κ2) is 7.78. The number of anilines is 1. The Labute approximate surface area is 159 Å². The van der Waals surface area contributed by atoms with E-state index in [0.29, 0.717) is 11.5 Å². The van der Waals surface area contributed by atoms with Crippen molar-refractivity contribution in [3.05, 3.63) is 66.0 Å². The number of carbonyl (C=O) groups excluding carboxylic acids is 1. The molecule has 1 aromatic heterocycles. The smallest absolute Gasteiger partial charge is 0.154 e. The first-order valence-corrected chi connectivity index (χ1v) is 9.60. The molecule has 0 aliphatic carbocycles. The molecule has 0 radical (unpaired) electrons. The second-order valence-electron chi connectivity index (χ2n) is 7.34. The van der Waals surface area contributed by atoms with Crippen LogP contribution in [0.4, 0.5) is 5.69 Å². The van der Waals surface area contributed by atoms with E-state index >= 15 is 0 Å². The van der Waals surface area contributed by atoms with Crippen molar-refractivity contribution >= 4 is 22.7 Å². The minimum Gasteiger partial charge on any atom is -0.507 e. The molecule has 0 saturated carbocycles. The first kappa shape index (κ1) is 17.5. The van der Waals surface area contributed by atoms with Crippen LogP contribution >= 0.6 is 0 Å². The maximum absolute atomic E-state index is 11.3. The lowest BCUT2D eigenvalue weighted by molar-refractivity contribution is 0.112. The Morgan fingerprint density at radius 1 is 1.19 bits per heavy atom. The van der Waals surface area contributed by atoms with Crippen molar-refractivity contribution in [1.29, 1.82) is 0 Å². The standard InChI is InChI=1S/C23H24N2O2/c26-16-22-21-10-9-20(14-18(21)7-11-23(22)27)25-13-3-4-17(15-25)6-8-19-5-1-2-12-24-19/h1-2,5,7,9-12,14,16-17,27H,3-4,6,8,13,15H2. The first-order valence-electron chi connectivity index (χ1n) is 9.60. The number of aromatic nitrogens is 1. The predicted octanol–water partition coefficient (Wildman–Crippen LogP) is 4.60. The zero-order valence-electron chi connectivity index (χ0n) is 15.3. The maximum Gasteiger partial charge on any atom is 0.154 e. The van der Waals surface area contributed by atoms with Gasteiger partial charge in [-0.3, -0.25) is 9.78 Å². The van der Waals surface area contributed by atoms with Gasteiger partial charge in [-0.1, -0.05) is 18.2 Å². The van der Waals surface area contributed by atoms with Crippen molar-refractivity contribution in [2.45, 2.75) is 25.7 Å². The Morgan fingerprint density at radius 3 is 2.93 bits per heavy atom. The zero-order chi connectivity index (χ0) is 18.6. The van der Waals surface area contributed by atoms with E-state index in [9.17, 15) is 9.90 Å². The number of pyridine rings is 1. The van der Waals surface area contributed by atoms with Gasteiger partial charge in [-0.05, 0) is 72.7 Å². The van der Waals surface area contributed by atoms with Gasteiger partial charge in [-0.25, -0.2) is 0 Å². The Hall–Kier alpha value is -2.88. The molecule has 138 valence electrons. The van der Waals surface area contributed by atoms with Crippen LogP contribution in [0.1, 0.15) is 35.3 Å². The third-order valence-electron chi connectivity index (χ3n) is 5.56. The molecule has 0 spiro atoms. The van der Waals surface area contributed by atoms with Crippen LogP contribution in [0.5, 0.6) is 5.75 Å². The largest absolute Gasteiger partial charge is 0.507 e. The van der Waals surface area contributed by atoms with Crippen molar-refractivity contribution in [1.82, 2.24) is 4.98 Å². The van der Waals surface area contributed by atoms with E-state index in [-0.39, 0.29) is 5.75 Å². The molecule has 2 aromatic carbocycles. The molecule has 1 aliphatic heterocycles. The molecule has 1 atom stereocenters. The second-order valence-corrected chi connectivity index (χ2v) is 7.34. The molecule has 1 saturated heterocycles. The van der Waals surface area contributed by atoms with E-state index in [1.807, 2.05) is 24.4 Å². The first-order chi connectivity index (χ1) is 13.2. The van der Waals surface area contributed by atoms with Crippen LogP contribution in [0.3, 0.4) is 0 Å². The molecule has 3 aromatic rings. The summed E-state index contributed by atoms with van der Waals surface area (Å²) in [5.74, 6) is 0.708. The molecule has 4 nitrogen and oxygen atoms in total. The molecule has 4 rings (SSSR count). The van der Waals surface area contributed by atoms with Crippen molar-refractivity contribution < 1.29 is 9.90 Å². The van der Waals surface area contributed by atoms with E-state index in [2.05, 4.69) is 34.1 Å². The molecule has 1 aliphatic rings. The fourth-order valence-corrected chi connectivity index (χ4v) is 4.08. The number of aromatic hydroxyl groups is 1. The number of hydrogen-bond acceptors (Lipinski definition) is 4. The van der Waals surface area contributed by atoms with Crippen LogP contribution in [-0.2, 0) is 6.42 Å². The third-order valence-corrected chi connectivity index (χ3v) is 5.56. The Kier molecular flexibility index (Phi) is 5.05. The van der Waals surface area contributed by atoms with Gasteiger partial charge in [-0.15, -0.1) is 0 Å². The minimum atomic E-state index is 0.0396. The number of aryl methyl sites for hydroxylation is 1. The van der Waals surface area contributed by atoms with Crippen molar-refractivity contribution in [3.63, 3.8) is 0 Å². The van der Waals surface area contributed by atoms with Gasteiger partial charge in [0, 0.05) is 30.7 Å². The van der Waals surface area contributed by atoms with Crippen LogP contribution in [-0.4, -0.2) is 29.5 Å². The summed E-state index contributed by atoms with van der Waals surface area (Å²) < 4.78 is 0. The number of aldehydes is 1. The van der Waals surface area contributed by atoms with Gasteiger partial charge < -0.3 is 10.0 Å². The van der Waals surface area contributed by atoms with Gasteiger partial charge in [0.25, 0.3) is 0 Å². The van der Waals surface area contributed by atoms with Crippen molar-refractivity contribution in [3.8, 4) is 5.75 Å². The summed E-state index contributed by atoms with van der Waals surface area (Å²) in [6, 6.07) is 15.7. The molecule has 4 heteroatoms. The summed E-state index contributed by atoms with van der Waals surface area (Å²) in [6.45, 7) is 2.11. The number of carbonyl (C=O) groups is 1. The number of phenolic OH excluding ortho intramolecular Hbond substituents is 1. The summed E-state index contributed by atoms with van der Waals surface area (Å²) in [5.41, 5.74) is 2.72. The molecule has 0 amide bonds. The lowest BCUT2D eigenvalue weighted by Crippen LogP contribution is -2.35. The van der Waals surface area contributed by atoms with E-state index in [1.165, 1.54) is 24.2 Å². The lowest BCUT2D eigenvalue weighted by atomic mass is 9.92. The van der Waals surface area contributed by atoms with Gasteiger partial charge >= 0.3 is 0 Å². The van der Waals surface area contributed by atoms with Gasteiger partial charge in [0.1, 0.15) is 5.75 Å². The quantitative estimate of drug-likeness (QED) is 0.676. The molecule has 2 heterocycles. The minimum absolute atomic E-state index is 0.0396. The normalized spacial score (nSPS) is 17.2. The Balaban J connectivity index is 1.49. The highest BCUT2D eigenvalue weighted by Crippen LogP contribution is 2.31. The van der Waals surface area contributed by atoms with Gasteiger partial charge in [0.2, 0.25) is 0 Å². The summed E-state index contributed by atoms with van der Waals surface area (Å²) >= 11 is 0. The topological polar surface area (TPSA) is 53.4 Å². The number of phenols is 1. The maximum atomic E-state index is 11.3. The fourth-order valence-electron chi connectivity index (χ4n) is 4.08. The summed E-state index contributed by atoms with van der Waals surface area (Å²) in [6.07, 6.45) is 7.23. The van der Waals surface area contributed by atoms with E-state index < -0.39 is 0 Å². The van der Waals surface area contributed by atoms with Crippen LogP contribution in [0.25, 0.3) is 10.8 Å². The number of piperidine rings is 1. The number of rotatable bonds is 5. The molecule has 0 bridgehead atoms. The summed E-state index contributed by atoms with van der Waals surface area (Å²) in [7, 11) is 0. The molecule has 1 unspecified atom stereocenters. The lowest BCUT2D eigenvalue weighted by Gasteiger charge is -2.34. The highest BCUT2D eigenvalue weighted by atomic mass is 16.3. The molecular weight excluding hydrogens is 336 g/mol. The summed E-state index contributed by atoms with van der Waals surface area (Å²) in [4.78, 5) is 18.2. The molecular formula is C23H24N2O2. The number of fused-ring (bicyclic) bond motifs is 1. The van der Waals surface area contributed by atoms with E-state index in [1.54, 1.807) is 6.07 Å². The van der Waals surface area contributed by atoms with Crippen LogP contribution in [0.2, 0.25) is 0 Å². The van der Waals surface area contributed by atoms with Crippen molar-refractivity contribution in [2.24, 2.45) is 5.92 Å².